The molecule has 1 amide bonds. The number of hydrogen-bond donors (Lipinski definition) is 1. The number of nitrogens with zero attached hydrogens (tertiary/aromatic N) is 4. The zero-order valence-corrected chi connectivity index (χ0v) is 18.2. The van der Waals surface area contributed by atoms with Gasteiger partial charge in [-0.3, -0.25) is 14.7 Å². The number of hydrogen-bond acceptors (Lipinski definition) is 6. The van der Waals surface area contributed by atoms with E-state index in [1.165, 1.54) is 59.7 Å². The minimum Gasteiger partial charge on any atom is -0.364 e. The van der Waals surface area contributed by atoms with Gasteiger partial charge < -0.3 is 5.73 Å². The summed E-state index contributed by atoms with van der Waals surface area (Å²) in [7, 11) is 0. The van der Waals surface area contributed by atoms with Crippen molar-refractivity contribution >= 4 is 17.4 Å². The lowest BCUT2D eigenvalue weighted by Crippen LogP contribution is -2.32. The molecule has 0 unspecified atom stereocenters. The second kappa shape index (κ2) is 7.50. The Balaban J connectivity index is 1.29. The highest BCUT2D eigenvalue weighted by atomic mass is 32.1. The molecular weight excluding hydrogens is 406 g/mol. The molecule has 158 valence electrons. The Kier molecular flexibility index (Phi) is 4.61. The molecule has 0 spiro atoms. The lowest BCUT2D eigenvalue weighted by atomic mass is 9.96. The van der Waals surface area contributed by atoms with E-state index in [1.807, 2.05) is 12.3 Å². The molecule has 0 saturated heterocycles. The van der Waals surface area contributed by atoms with Crippen LogP contribution in [0.1, 0.15) is 76.2 Å². The van der Waals surface area contributed by atoms with Crippen molar-refractivity contribution in [1.29, 1.82) is 0 Å². The van der Waals surface area contributed by atoms with Gasteiger partial charge in [0.1, 0.15) is 5.69 Å². The van der Waals surface area contributed by atoms with Crippen LogP contribution in [-0.2, 0) is 19.5 Å². The summed E-state index contributed by atoms with van der Waals surface area (Å²) in [4.78, 5) is 24.7. The Morgan fingerprint density at radius 2 is 1.94 bits per heavy atom. The number of carbonyl (C=O) groups is 1. The molecule has 0 aromatic carbocycles. The van der Waals surface area contributed by atoms with Crippen LogP contribution in [0.15, 0.2) is 30.5 Å². The fraction of sp³-hybridized carbons (Fsp3) is 0.417. The number of carbonyl (C=O) groups excluding carboxylic acids is 1. The van der Waals surface area contributed by atoms with Crippen LogP contribution in [-0.4, -0.2) is 31.7 Å². The molecule has 2 fully saturated rings. The second-order valence-corrected chi connectivity index (χ2v) is 9.86. The monoisotopic (exact) mass is 431 g/mol. The maximum atomic E-state index is 12.0. The van der Waals surface area contributed by atoms with Gasteiger partial charge in [0.25, 0.3) is 5.91 Å². The molecule has 31 heavy (non-hydrogen) atoms. The Morgan fingerprint density at radius 3 is 2.71 bits per heavy atom. The first-order chi connectivity index (χ1) is 15.1. The van der Waals surface area contributed by atoms with Crippen molar-refractivity contribution in [3.63, 3.8) is 0 Å². The van der Waals surface area contributed by atoms with E-state index >= 15 is 0 Å². The third-order valence-electron chi connectivity index (χ3n) is 6.55. The molecule has 2 aliphatic carbocycles. The highest BCUT2D eigenvalue weighted by molar-refractivity contribution is 7.09. The average Bonchev–Trinajstić information content (AvgIpc) is 3.71. The number of fused-ring (bicyclic) bond motifs is 1. The number of rotatable bonds is 6. The van der Waals surface area contributed by atoms with Gasteiger partial charge in [0.2, 0.25) is 0 Å². The number of aromatic nitrogens is 3. The Hall–Kier alpha value is -2.64. The molecular formula is C24H25N5OS. The molecule has 1 aliphatic heterocycles. The fourth-order valence-corrected chi connectivity index (χ4v) is 5.38. The minimum atomic E-state index is -0.476. The van der Waals surface area contributed by atoms with Gasteiger partial charge in [-0.25, -0.2) is 4.98 Å². The standard InChI is InChI=1S/C24H25N5OS/c25-24(30)21-10-18(23-11-20(28-31-23)16-3-4-16)17-6-8-29(13-22(17)27-21)12-14-5-7-26-19(9-14)15-1-2-15/h5,7,9-11,15-16H,1-4,6,8,12-13H2,(H2,25,30). The van der Waals surface area contributed by atoms with Crippen molar-refractivity contribution in [2.75, 3.05) is 6.54 Å². The van der Waals surface area contributed by atoms with Crippen molar-refractivity contribution in [2.24, 2.45) is 5.73 Å². The largest absolute Gasteiger partial charge is 0.364 e. The maximum Gasteiger partial charge on any atom is 0.267 e. The summed E-state index contributed by atoms with van der Waals surface area (Å²) >= 11 is 1.53. The SMILES string of the molecule is NC(=O)c1cc(-c2cc(C3CC3)ns2)c2c(n1)CN(Cc1ccnc(C3CC3)c1)CC2. The molecule has 0 atom stereocenters. The van der Waals surface area contributed by atoms with Gasteiger partial charge in [-0.2, -0.15) is 4.37 Å². The summed E-state index contributed by atoms with van der Waals surface area (Å²) in [5.41, 5.74) is 13.0. The van der Waals surface area contributed by atoms with Crippen LogP contribution >= 0.6 is 11.5 Å². The van der Waals surface area contributed by atoms with E-state index < -0.39 is 5.91 Å². The van der Waals surface area contributed by atoms with Crippen LogP contribution in [0.5, 0.6) is 0 Å². The first-order valence-electron chi connectivity index (χ1n) is 11.1. The predicted molar refractivity (Wildman–Crippen MR) is 120 cm³/mol. The highest BCUT2D eigenvalue weighted by Gasteiger charge is 2.29. The maximum absolute atomic E-state index is 12.0. The number of pyridine rings is 2. The zero-order valence-electron chi connectivity index (χ0n) is 17.4. The molecule has 2 saturated carbocycles. The van der Waals surface area contributed by atoms with Crippen LogP contribution < -0.4 is 5.73 Å². The third-order valence-corrected chi connectivity index (χ3v) is 7.39. The summed E-state index contributed by atoms with van der Waals surface area (Å²) in [5, 5.41) is 0. The quantitative estimate of drug-likeness (QED) is 0.637. The van der Waals surface area contributed by atoms with Crippen molar-refractivity contribution in [3.05, 3.63) is 64.4 Å². The second-order valence-electron chi connectivity index (χ2n) is 9.06. The van der Waals surface area contributed by atoms with E-state index in [9.17, 15) is 4.79 Å². The Morgan fingerprint density at radius 1 is 1.13 bits per heavy atom. The summed E-state index contributed by atoms with van der Waals surface area (Å²) < 4.78 is 4.67. The lowest BCUT2D eigenvalue weighted by molar-refractivity contribution is 0.0995. The number of amides is 1. The highest BCUT2D eigenvalue weighted by Crippen LogP contribution is 2.43. The molecule has 0 radical (unpaired) electrons. The first-order valence-corrected chi connectivity index (χ1v) is 11.9. The Labute approximate surface area is 185 Å². The van der Waals surface area contributed by atoms with Crippen LogP contribution in [0.4, 0.5) is 0 Å². The zero-order chi connectivity index (χ0) is 20.9. The van der Waals surface area contributed by atoms with E-state index in [0.717, 1.165) is 42.2 Å². The first kappa shape index (κ1) is 19.1. The Bertz CT molecular complexity index is 1160. The number of nitrogens with two attached hydrogens (primary N) is 1. The van der Waals surface area contributed by atoms with Gasteiger partial charge in [0.15, 0.2) is 0 Å². The third kappa shape index (κ3) is 3.88. The number of primary amides is 1. The smallest absolute Gasteiger partial charge is 0.267 e. The summed E-state index contributed by atoms with van der Waals surface area (Å²) in [6, 6.07) is 8.43. The van der Waals surface area contributed by atoms with Gasteiger partial charge in [-0.1, -0.05) is 0 Å². The van der Waals surface area contributed by atoms with Crippen molar-refractivity contribution in [3.8, 4) is 10.4 Å². The summed E-state index contributed by atoms with van der Waals surface area (Å²) in [6.45, 7) is 2.55. The van der Waals surface area contributed by atoms with Crippen LogP contribution in [0.2, 0.25) is 0 Å². The van der Waals surface area contributed by atoms with E-state index in [-0.39, 0.29) is 0 Å². The normalized spacial score (nSPS) is 18.7. The molecule has 3 aromatic rings. The average molecular weight is 432 g/mol. The molecule has 3 aliphatic rings. The van der Waals surface area contributed by atoms with Crippen molar-refractivity contribution < 1.29 is 4.79 Å². The van der Waals surface area contributed by atoms with E-state index in [4.69, 9.17) is 5.73 Å². The van der Waals surface area contributed by atoms with Crippen molar-refractivity contribution in [1.82, 2.24) is 19.2 Å². The topological polar surface area (TPSA) is 85.0 Å². The predicted octanol–water partition coefficient (Wildman–Crippen LogP) is 4.01. The van der Waals surface area contributed by atoms with Crippen LogP contribution in [0.25, 0.3) is 10.4 Å². The summed E-state index contributed by atoms with van der Waals surface area (Å²) in [6.07, 6.45) is 7.83. The van der Waals surface area contributed by atoms with Crippen LogP contribution in [0.3, 0.4) is 0 Å². The van der Waals surface area contributed by atoms with Gasteiger partial charge in [-0.05, 0) is 79.0 Å². The van der Waals surface area contributed by atoms with E-state index in [2.05, 4.69) is 37.4 Å². The molecule has 3 aromatic heterocycles. The molecule has 6 rings (SSSR count). The molecule has 2 N–H and O–H groups in total. The molecule has 7 heteroatoms. The van der Waals surface area contributed by atoms with Crippen molar-refractivity contribution in [2.45, 2.75) is 57.0 Å². The van der Waals surface area contributed by atoms with E-state index in [0.29, 0.717) is 17.5 Å². The molecule has 0 bridgehead atoms. The lowest BCUT2D eigenvalue weighted by Gasteiger charge is -2.29. The van der Waals surface area contributed by atoms with Gasteiger partial charge >= 0.3 is 0 Å². The summed E-state index contributed by atoms with van der Waals surface area (Å²) in [5.74, 6) is 0.801. The minimum absolute atomic E-state index is 0.344. The van der Waals surface area contributed by atoms with Crippen LogP contribution in [0, 0.1) is 0 Å². The fourth-order valence-electron chi connectivity index (χ4n) is 4.52. The molecule has 6 nitrogen and oxygen atoms in total. The van der Waals surface area contributed by atoms with E-state index in [1.54, 1.807) is 0 Å². The van der Waals surface area contributed by atoms with Gasteiger partial charge in [0.05, 0.1) is 16.3 Å². The van der Waals surface area contributed by atoms with Gasteiger partial charge in [0, 0.05) is 48.9 Å². The van der Waals surface area contributed by atoms with Gasteiger partial charge in [-0.15, -0.1) is 0 Å². The molecule has 4 heterocycles.